The lowest BCUT2D eigenvalue weighted by molar-refractivity contribution is -0.158. The molecule has 1 aromatic heterocycles. The molecule has 6 atom stereocenters. The summed E-state index contributed by atoms with van der Waals surface area (Å²) in [6.07, 6.45) is 3.18. The van der Waals surface area contributed by atoms with Gasteiger partial charge in [-0.25, -0.2) is 9.48 Å². The van der Waals surface area contributed by atoms with Crippen LogP contribution in [0.5, 0.6) is 0 Å². The van der Waals surface area contributed by atoms with Gasteiger partial charge in [-0.1, -0.05) is 6.92 Å². The second-order valence-corrected chi connectivity index (χ2v) is 13.8. The number of piperidine rings is 1. The van der Waals surface area contributed by atoms with Gasteiger partial charge in [-0.05, 0) is 36.6 Å². The molecule has 6 rings (SSSR count). The maximum atomic E-state index is 13.4. The van der Waals surface area contributed by atoms with Gasteiger partial charge in [0, 0.05) is 73.8 Å². The number of tetrazole rings is 1. The predicted molar refractivity (Wildman–Crippen MR) is 160 cm³/mol. The number of aliphatic carboxylic acids is 1. The summed E-state index contributed by atoms with van der Waals surface area (Å²) in [6.45, 7) is 8.29. The SMILES string of the molecule is CC(NC(=O)Cn1cnnn1)[C@H]1C(=O)N2C(C(=O)O)=C(S[C@@H]3CN[C@H](C(=O)N4CCC(C(=O)N5CCNCC5)CC4)C3)[C@H](C)[C@H]12. The number of piperazine rings is 1. The van der Waals surface area contributed by atoms with Gasteiger partial charge in [-0.15, -0.1) is 16.9 Å². The second-order valence-electron chi connectivity index (χ2n) is 12.5. The molecule has 45 heavy (non-hydrogen) atoms. The van der Waals surface area contributed by atoms with Crippen molar-refractivity contribution in [2.75, 3.05) is 45.8 Å². The number of hydrogen-bond acceptors (Lipinski definition) is 11. The van der Waals surface area contributed by atoms with Crippen LogP contribution in [0.2, 0.25) is 0 Å². The Kier molecular flexibility index (Phi) is 9.10. The van der Waals surface area contributed by atoms with Crippen LogP contribution < -0.4 is 16.0 Å². The van der Waals surface area contributed by atoms with E-state index in [0.29, 0.717) is 43.8 Å². The Labute approximate surface area is 264 Å². The normalized spacial score (nSPS) is 29.4. The number of hydrogen-bond donors (Lipinski definition) is 4. The number of likely N-dealkylation sites (tertiary alicyclic amines) is 1. The molecule has 1 aromatic rings. The van der Waals surface area contributed by atoms with Crippen molar-refractivity contribution in [3.8, 4) is 0 Å². The van der Waals surface area contributed by atoms with E-state index in [1.807, 2.05) is 16.7 Å². The number of carboxylic acid groups (broad SMARTS) is 1. The average Bonchev–Trinajstić information content (AvgIpc) is 3.77. The number of fused-ring (bicyclic) bond motifs is 1. The molecule has 0 spiro atoms. The van der Waals surface area contributed by atoms with Crippen LogP contribution >= 0.6 is 11.8 Å². The number of β-lactam (4-membered cyclic amide) rings is 1. The first-order chi connectivity index (χ1) is 21.6. The highest BCUT2D eigenvalue weighted by Gasteiger charge is 2.60. The van der Waals surface area contributed by atoms with Gasteiger partial charge in [0.1, 0.15) is 18.6 Å². The van der Waals surface area contributed by atoms with Crippen LogP contribution in [0.15, 0.2) is 16.9 Å². The van der Waals surface area contributed by atoms with E-state index in [0.717, 1.165) is 26.2 Å². The fraction of sp³-hybridized carbons (Fsp3) is 0.714. The number of amides is 4. The maximum absolute atomic E-state index is 13.4. The van der Waals surface area contributed by atoms with Crippen LogP contribution in [0.4, 0.5) is 0 Å². The van der Waals surface area contributed by atoms with Crippen molar-refractivity contribution < 1.29 is 29.1 Å². The zero-order valence-corrected chi connectivity index (χ0v) is 26.2. The van der Waals surface area contributed by atoms with Gasteiger partial charge in [0.15, 0.2) is 0 Å². The number of carboxylic acids is 1. The molecule has 0 radical (unpaired) electrons. The molecule has 244 valence electrons. The molecule has 4 fully saturated rings. The van der Waals surface area contributed by atoms with Crippen LogP contribution in [0.25, 0.3) is 0 Å². The first-order valence-corrected chi connectivity index (χ1v) is 16.5. The molecular formula is C28H40N10O6S. The summed E-state index contributed by atoms with van der Waals surface area (Å²) in [4.78, 5) is 70.2. The van der Waals surface area contributed by atoms with Crippen molar-refractivity contribution >= 4 is 41.4 Å². The summed E-state index contributed by atoms with van der Waals surface area (Å²) < 4.78 is 1.28. The third-order valence-corrected chi connectivity index (χ3v) is 11.2. The summed E-state index contributed by atoms with van der Waals surface area (Å²) in [5.74, 6) is -2.49. The van der Waals surface area contributed by atoms with E-state index >= 15 is 0 Å². The number of thioether (sulfide) groups is 1. The van der Waals surface area contributed by atoms with Gasteiger partial charge in [-0.2, -0.15) is 0 Å². The highest BCUT2D eigenvalue weighted by molar-refractivity contribution is 8.03. The number of nitrogens with one attached hydrogen (secondary N) is 3. The molecule has 16 nitrogen and oxygen atoms in total. The Morgan fingerprint density at radius 2 is 1.82 bits per heavy atom. The lowest BCUT2D eigenvalue weighted by atomic mass is 9.78. The molecule has 0 bridgehead atoms. The van der Waals surface area contributed by atoms with Crippen molar-refractivity contribution in [1.29, 1.82) is 0 Å². The summed E-state index contributed by atoms with van der Waals surface area (Å²) in [6, 6.07) is -1.28. The molecule has 0 aromatic carbocycles. The molecule has 4 saturated heterocycles. The highest BCUT2D eigenvalue weighted by Crippen LogP contribution is 2.52. The van der Waals surface area contributed by atoms with Gasteiger partial charge < -0.3 is 35.8 Å². The van der Waals surface area contributed by atoms with Crippen molar-refractivity contribution in [3.05, 3.63) is 16.9 Å². The fourth-order valence-electron chi connectivity index (χ4n) is 7.36. The van der Waals surface area contributed by atoms with E-state index in [1.54, 1.807) is 6.92 Å². The molecule has 4 amide bonds. The smallest absolute Gasteiger partial charge is 0.353 e. The molecule has 0 saturated carbocycles. The monoisotopic (exact) mass is 644 g/mol. The Morgan fingerprint density at radius 3 is 2.49 bits per heavy atom. The third kappa shape index (κ3) is 6.16. The molecule has 0 aliphatic carbocycles. The molecule has 5 aliphatic rings. The number of carbonyl (C=O) groups is 5. The van der Waals surface area contributed by atoms with Gasteiger partial charge in [0.25, 0.3) is 0 Å². The van der Waals surface area contributed by atoms with Crippen molar-refractivity contribution in [1.82, 2.24) is 50.9 Å². The van der Waals surface area contributed by atoms with Crippen LogP contribution in [-0.4, -0.2) is 139 Å². The maximum Gasteiger partial charge on any atom is 0.353 e. The Bertz CT molecular complexity index is 1360. The van der Waals surface area contributed by atoms with E-state index < -0.39 is 17.9 Å². The van der Waals surface area contributed by atoms with Gasteiger partial charge in [0.2, 0.25) is 23.6 Å². The zero-order chi connectivity index (χ0) is 31.8. The van der Waals surface area contributed by atoms with E-state index in [9.17, 15) is 29.1 Å². The summed E-state index contributed by atoms with van der Waals surface area (Å²) in [5, 5.41) is 30.2. The van der Waals surface area contributed by atoms with E-state index in [4.69, 9.17) is 0 Å². The van der Waals surface area contributed by atoms with E-state index in [2.05, 4.69) is 31.5 Å². The number of carbonyl (C=O) groups excluding carboxylic acids is 4. The second kappa shape index (κ2) is 13.0. The third-order valence-electron chi connectivity index (χ3n) is 9.68. The van der Waals surface area contributed by atoms with Gasteiger partial charge in [-0.3, -0.25) is 19.2 Å². The first kappa shape index (κ1) is 31.4. The minimum atomic E-state index is -1.16. The van der Waals surface area contributed by atoms with Gasteiger partial charge in [0.05, 0.1) is 18.0 Å². The summed E-state index contributed by atoms with van der Waals surface area (Å²) >= 11 is 1.43. The predicted octanol–water partition coefficient (Wildman–Crippen LogP) is -1.92. The van der Waals surface area contributed by atoms with Crippen molar-refractivity contribution in [2.24, 2.45) is 17.8 Å². The average molecular weight is 645 g/mol. The summed E-state index contributed by atoms with van der Waals surface area (Å²) in [7, 11) is 0. The van der Waals surface area contributed by atoms with Crippen molar-refractivity contribution in [2.45, 2.75) is 63.0 Å². The molecular weight excluding hydrogens is 604 g/mol. The summed E-state index contributed by atoms with van der Waals surface area (Å²) in [5.41, 5.74) is -0.00281. The molecule has 17 heteroatoms. The van der Waals surface area contributed by atoms with E-state index in [1.165, 1.54) is 27.7 Å². The van der Waals surface area contributed by atoms with Crippen LogP contribution in [0.1, 0.15) is 33.1 Å². The molecule has 1 unspecified atom stereocenters. The first-order valence-electron chi connectivity index (χ1n) is 15.6. The van der Waals surface area contributed by atoms with Crippen LogP contribution in [-0.2, 0) is 30.5 Å². The zero-order valence-electron chi connectivity index (χ0n) is 25.4. The highest BCUT2D eigenvalue weighted by atomic mass is 32.2. The quantitative estimate of drug-likeness (QED) is 0.218. The number of nitrogens with zero attached hydrogens (tertiary/aromatic N) is 7. The number of rotatable bonds is 9. The fourth-order valence-corrected chi connectivity index (χ4v) is 8.84. The molecule has 6 heterocycles. The largest absolute Gasteiger partial charge is 0.477 e. The lowest BCUT2D eigenvalue weighted by Gasteiger charge is -2.47. The van der Waals surface area contributed by atoms with Crippen LogP contribution in [0.3, 0.4) is 0 Å². The van der Waals surface area contributed by atoms with Gasteiger partial charge >= 0.3 is 5.97 Å². The minimum absolute atomic E-state index is 0.00281. The minimum Gasteiger partial charge on any atom is -0.477 e. The lowest BCUT2D eigenvalue weighted by Crippen LogP contribution is -2.66. The standard InChI is InChI=1S/C28H40N10O6S/c1-15-22-21(16(2)32-20(39)13-37-14-31-33-34-37)27(42)38(22)23(28(43)44)24(15)45-18-11-19(30-12-18)26(41)35-7-3-17(4-8-35)25(40)36-9-5-29-6-10-36/h14-19,21-22,29-30H,3-13H2,1-2H3,(H,32,39)(H,43,44)/t15-,16?,18+,19+,21-,22-/m1/s1. The molecule has 4 N–H and O–H groups in total. The topological polar surface area (TPSA) is 195 Å². The van der Waals surface area contributed by atoms with Crippen molar-refractivity contribution in [3.63, 3.8) is 0 Å². The van der Waals surface area contributed by atoms with E-state index in [-0.39, 0.29) is 65.0 Å². The number of aromatic nitrogens is 4. The van der Waals surface area contributed by atoms with Crippen LogP contribution in [0, 0.1) is 17.8 Å². The molecule has 5 aliphatic heterocycles. The Hall–Kier alpha value is -3.57. The Balaban J connectivity index is 1.03. The Morgan fingerprint density at radius 1 is 1.11 bits per heavy atom.